The number of Topliss-reactive ketones (excluding diaryl/α,β-unsaturated/α-hetero) is 2. The summed E-state index contributed by atoms with van der Waals surface area (Å²) in [5.41, 5.74) is -0.130. The Labute approximate surface area is 206 Å². The van der Waals surface area contributed by atoms with Crippen LogP contribution in [0.5, 0.6) is 0 Å². The average molecular weight is 462 g/mol. The Bertz CT molecular complexity index is 1030. The van der Waals surface area contributed by atoms with Crippen LogP contribution in [0.4, 0.5) is 0 Å². The molecule has 4 fully saturated rings. The van der Waals surface area contributed by atoms with E-state index in [4.69, 9.17) is 0 Å². The van der Waals surface area contributed by atoms with Gasteiger partial charge in [0, 0.05) is 10.8 Å². The SMILES string of the molecule is C=CC1CCC2(C(C)=O)CCC3(C)C(CCC4C5(C)C=C(C#N)C(=O)C(C)(C)C5CCC43C)C12. The molecule has 0 spiro atoms. The molecule has 3 nitrogen and oxygen atoms in total. The Morgan fingerprint density at radius 2 is 1.71 bits per heavy atom. The van der Waals surface area contributed by atoms with Gasteiger partial charge < -0.3 is 0 Å². The minimum atomic E-state index is -0.497. The number of hydrogen-bond donors (Lipinski definition) is 0. The van der Waals surface area contributed by atoms with Gasteiger partial charge in [-0.2, -0.15) is 5.26 Å². The van der Waals surface area contributed by atoms with E-state index in [9.17, 15) is 14.9 Å². The number of ketones is 2. The van der Waals surface area contributed by atoms with Crippen LogP contribution in [0.3, 0.4) is 0 Å². The van der Waals surface area contributed by atoms with Crippen LogP contribution in [-0.2, 0) is 9.59 Å². The van der Waals surface area contributed by atoms with Crippen molar-refractivity contribution >= 4 is 11.6 Å². The molecule has 0 amide bonds. The first-order valence-corrected chi connectivity index (χ1v) is 13.6. The van der Waals surface area contributed by atoms with Crippen LogP contribution in [-0.4, -0.2) is 11.6 Å². The first-order valence-electron chi connectivity index (χ1n) is 13.6. The Morgan fingerprint density at radius 3 is 2.32 bits per heavy atom. The molecule has 0 N–H and O–H groups in total. The molecule has 0 bridgehead atoms. The van der Waals surface area contributed by atoms with Gasteiger partial charge in [0.15, 0.2) is 5.78 Å². The highest BCUT2D eigenvalue weighted by molar-refractivity contribution is 6.04. The zero-order valence-corrected chi connectivity index (χ0v) is 22.2. The molecule has 3 heteroatoms. The summed E-state index contributed by atoms with van der Waals surface area (Å²) in [5, 5.41) is 9.86. The molecule has 5 rings (SSSR count). The van der Waals surface area contributed by atoms with Crippen LogP contribution >= 0.6 is 0 Å². The normalized spacial score (nSPS) is 51.1. The number of nitrogens with zero attached hydrogens (tertiary/aromatic N) is 1. The third kappa shape index (κ3) is 2.59. The van der Waals surface area contributed by atoms with Crippen molar-refractivity contribution in [2.75, 3.05) is 0 Å². The van der Waals surface area contributed by atoms with E-state index in [0.717, 1.165) is 51.4 Å². The molecule has 9 unspecified atom stereocenters. The van der Waals surface area contributed by atoms with Gasteiger partial charge in [0.1, 0.15) is 11.9 Å². The van der Waals surface area contributed by atoms with E-state index >= 15 is 0 Å². The molecule has 5 aliphatic rings. The molecule has 184 valence electrons. The lowest BCUT2D eigenvalue weighted by Crippen LogP contribution is -2.66. The highest BCUT2D eigenvalue weighted by atomic mass is 16.1. The summed E-state index contributed by atoms with van der Waals surface area (Å²) >= 11 is 0. The number of fused-ring (bicyclic) bond motifs is 7. The summed E-state index contributed by atoms with van der Waals surface area (Å²) in [6.07, 6.45) is 12.9. The molecule has 0 aliphatic heterocycles. The van der Waals surface area contributed by atoms with Gasteiger partial charge in [-0.3, -0.25) is 9.59 Å². The minimum Gasteiger partial charge on any atom is -0.299 e. The van der Waals surface area contributed by atoms with Crippen LogP contribution in [0.15, 0.2) is 24.3 Å². The van der Waals surface area contributed by atoms with Gasteiger partial charge in [0.2, 0.25) is 0 Å². The van der Waals surface area contributed by atoms with Crippen molar-refractivity contribution in [3.8, 4) is 6.07 Å². The van der Waals surface area contributed by atoms with Crippen LogP contribution < -0.4 is 0 Å². The summed E-state index contributed by atoms with van der Waals surface area (Å²) in [6.45, 7) is 17.6. The fraction of sp³-hybridized carbons (Fsp3) is 0.774. The van der Waals surface area contributed by atoms with Crippen molar-refractivity contribution in [1.82, 2.24) is 0 Å². The predicted molar refractivity (Wildman–Crippen MR) is 135 cm³/mol. The van der Waals surface area contributed by atoms with Gasteiger partial charge in [-0.15, -0.1) is 6.58 Å². The number of nitriles is 1. The van der Waals surface area contributed by atoms with Crippen LogP contribution in [0.25, 0.3) is 0 Å². The fourth-order valence-electron chi connectivity index (χ4n) is 11.1. The van der Waals surface area contributed by atoms with E-state index in [0.29, 0.717) is 35.0 Å². The van der Waals surface area contributed by atoms with Crippen molar-refractivity contribution in [2.45, 2.75) is 92.9 Å². The molecular weight excluding hydrogens is 418 g/mol. The summed E-state index contributed by atoms with van der Waals surface area (Å²) in [7, 11) is 0. The minimum absolute atomic E-state index is 0.0321. The van der Waals surface area contributed by atoms with Gasteiger partial charge in [0.25, 0.3) is 0 Å². The van der Waals surface area contributed by atoms with Crippen molar-refractivity contribution < 1.29 is 9.59 Å². The maximum absolute atomic E-state index is 13.2. The molecule has 34 heavy (non-hydrogen) atoms. The maximum atomic E-state index is 13.2. The molecule has 5 aliphatic carbocycles. The van der Waals surface area contributed by atoms with Crippen LogP contribution in [0, 0.1) is 68.0 Å². The molecular formula is C31H43NO2. The topological polar surface area (TPSA) is 57.9 Å². The van der Waals surface area contributed by atoms with Crippen molar-refractivity contribution in [1.29, 1.82) is 5.26 Å². The second-order valence-corrected chi connectivity index (χ2v) is 13.9. The van der Waals surface area contributed by atoms with E-state index in [2.05, 4.69) is 59.4 Å². The largest absolute Gasteiger partial charge is 0.299 e. The fourth-order valence-corrected chi connectivity index (χ4v) is 11.1. The first kappa shape index (κ1) is 24.0. The average Bonchev–Trinajstić information content (AvgIpc) is 3.17. The summed E-state index contributed by atoms with van der Waals surface area (Å²) in [5.74, 6) is 2.55. The molecule has 0 radical (unpaired) electrons. The summed E-state index contributed by atoms with van der Waals surface area (Å²) < 4.78 is 0. The molecule has 0 aromatic carbocycles. The number of allylic oxidation sites excluding steroid dienone is 3. The lowest BCUT2D eigenvalue weighted by Gasteiger charge is -2.71. The van der Waals surface area contributed by atoms with E-state index in [1.54, 1.807) is 0 Å². The van der Waals surface area contributed by atoms with E-state index in [1.807, 2.05) is 6.92 Å². The van der Waals surface area contributed by atoms with E-state index < -0.39 is 5.41 Å². The van der Waals surface area contributed by atoms with Gasteiger partial charge in [-0.25, -0.2) is 0 Å². The summed E-state index contributed by atoms with van der Waals surface area (Å²) in [6, 6.07) is 2.27. The Kier molecular flexibility index (Phi) is 5.07. The smallest absolute Gasteiger partial charge is 0.178 e. The Morgan fingerprint density at radius 1 is 1.00 bits per heavy atom. The Hall–Kier alpha value is -1.69. The van der Waals surface area contributed by atoms with Gasteiger partial charge in [0.05, 0.1) is 5.57 Å². The number of carbonyl (C=O) groups excluding carboxylic acids is 2. The highest BCUT2D eigenvalue weighted by Gasteiger charge is 2.71. The van der Waals surface area contributed by atoms with E-state index in [-0.39, 0.29) is 33.4 Å². The van der Waals surface area contributed by atoms with Gasteiger partial charge in [-0.05, 0) is 104 Å². The second kappa shape index (κ2) is 7.18. The molecule has 0 heterocycles. The van der Waals surface area contributed by atoms with E-state index in [1.165, 1.54) is 0 Å². The predicted octanol–water partition coefficient (Wildman–Crippen LogP) is 7.08. The van der Waals surface area contributed by atoms with Crippen molar-refractivity contribution in [3.63, 3.8) is 0 Å². The van der Waals surface area contributed by atoms with Gasteiger partial charge >= 0.3 is 0 Å². The molecule has 0 saturated heterocycles. The molecule has 4 saturated carbocycles. The Balaban J connectivity index is 1.62. The van der Waals surface area contributed by atoms with Gasteiger partial charge in [-0.1, -0.05) is 46.8 Å². The quantitative estimate of drug-likeness (QED) is 0.413. The second-order valence-electron chi connectivity index (χ2n) is 13.9. The molecule has 0 aromatic heterocycles. The van der Waals surface area contributed by atoms with Crippen LogP contribution in [0.2, 0.25) is 0 Å². The monoisotopic (exact) mass is 461 g/mol. The third-order valence-electron chi connectivity index (χ3n) is 12.9. The number of rotatable bonds is 2. The maximum Gasteiger partial charge on any atom is 0.178 e. The zero-order valence-electron chi connectivity index (χ0n) is 22.2. The van der Waals surface area contributed by atoms with Crippen molar-refractivity contribution in [2.24, 2.45) is 56.7 Å². The summed E-state index contributed by atoms with van der Waals surface area (Å²) in [4.78, 5) is 26.3. The zero-order chi connectivity index (χ0) is 24.9. The third-order valence-corrected chi connectivity index (χ3v) is 12.9. The standard InChI is InChI=1S/C31H43NO2/c1-8-20-11-14-31(19(2)33)16-15-29(6)22(25(20)31)9-10-24-28(5)17-21(18-32)26(34)27(3,4)23(28)12-13-30(24,29)7/h8,17,20,22-25H,1,9-16H2,2-7H3. The number of carbonyl (C=O) groups is 2. The van der Waals surface area contributed by atoms with Crippen LogP contribution in [0.1, 0.15) is 92.9 Å². The van der Waals surface area contributed by atoms with Crippen molar-refractivity contribution in [3.05, 3.63) is 24.3 Å². The first-order chi connectivity index (χ1) is 15.8. The highest BCUT2D eigenvalue weighted by Crippen LogP contribution is 2.76. The lowest BCUT2D eigenvalue weighted by molar-refractivity contribution is -0.217. The molecule has 9 atom stereocenters. The lowest BCUT2D eigenvalue weighted by atomic mass is 9.32. The molecule has 0 aromatic rings. The number of hydrogen-bond acceptors (Lipinski definition) is 3.